The first-order valence-corrected chi connectivity index (χ1v) is 7.37. The first-order chi connectivity index (χ1) is 9.31. The van der Waals surface area contributed by atoms with Gasteiger partial charge >= 0.3 is 0 Å². The molecule has 2 rings (SSSR count). The molecule has 1 atom stereocenters. The predicted molar refractivity (Wildman–Crippen MR) is 79.7 cm³/mol. The lowest BCUT2D eigenvalue weighted by molar-refractivity contribution is 0.196. The minimum absolute atomic E-state index is 0.520. The average Bonchev–Trinajstić information content (AvgIpc) is 2.47. The highest BCUT2D eigenvalue weighted by atomic mass is 32.2. The fourth-order valence-corrected chi connectivity index (χ4v) is 2.70. The van der Waals surface area contributed by atoms with Gasteiger partial charge in [-0.3, -0.25) is 0 Å². The summed E-state index contributed by atoms with van der Waals surface area (Å²) < 4.78 is 5.54. The monoisotopic (exact) mass is 274 g/mol. The fraction of sp³-hybridized carbons (Fsp3) is 0.250. The highest BCUT2D eigenvalue weighted by molar-refractivity contribution is 7.99. The molecule has 2 aromatic carbocycles. The molecule has 0 saturated heterocycles. The Hall–Kier alpha value is -1.45. The van der Waals surface area contributed by atoms with Crippen molar-refractivity contribution >= 4 is 11.8 Å². The molecule has 3 heteroatoms. The first-order valence-electron chi connectivity index (χ1n) is 6.39. The van der Waals surface area contributed by atoms with Crippen LogP contribution in [-0.4, -0.2) is 17.5 Å². The van der Waals surface area contributed by atoms with Gasteiger partial charge in [-0.25, -0.2) is 0 Å². The summed E-state index contributed by atoms with van der Waals surface area (Å²) in [6.45, 7) is 2.55. The number of hydrogen-bond acceptors (Lipinski definition) is 3. The molecule has 0 saturated carbocycles. The minimum atomic E-state index is -0.520. The van der Waals surface area contributed by atoms with Crippen molar-refractivity contribution in [3.05, 3.63) is 60.2 Å². The Bertz CT molecular complexity index is 499. The second-order valence-corrected chi connectivity index (χ2v) is 5.20. The van der Waals surface area contributed by atoms with Crippen molar-refractivity contribution in [1.82, 2.24) is 0 Å². The number of para-hydroxylation sites is 1. The van der Waals surface area contributed by atoms with Gasteiger partial charge in [-0.1, -0.05) is 36.4 Å². The van der Waals surface area contributed by atoms with Gasteiger partial charge in [-0.15, -0.1) is 11.8 Å². The quantitative estimate of drug-likeness (QED) is 0.810. The number of benzene rings is 2. The maximum absolute atomic E-state index is 10.3. The maximum atomic E-state index is 10.3. The van der Waals surface area contributed by atoms with Gasteiger partial charge in [0.2, 0.25) is 0 Å². The molecular weight excluding hydrogens is 256 g/mol. The van der Waals surface area contributed by atoms with Crippen LogP contribution in [0.25, 0.3) is 0 Å². The van der Waals surface area contributed by atoms with Gasteiger partial charge in [0.15, 0.2) is 0 Å². The third-order valence-corrected chi connectivity index (χ3v) is 3.82. The molecule has 0 heterocycles. The molecule has 19 heavy (non-hydrogen) atoms. The highest BCUT2D eigenvalue weighted by Crippen LogP contribution is 2.29. The summed E-state index contributed by atoms with van der Waals surface area (Å²) in [5.74, 6) is 1.39. The van der Waals surface area contributed by atoms with Crippen LogP contribution in [0.5, 0.6) is 5.75 Å². The van der Waals surface area contributed by atoms with Gasteiger partial charge in [-0.2, -0.15) is 0 Å². The maximum Gasteiger partial charge on any atom is 0.125 e. The molecule has 2 nitrogen and oxygen atoms in total. The smallest absolute Gasteiger partial charge is 0.125 e. The van der Waals surface area contributed by atoms with Gasteiger partial charge in [0.05, 0.1) is 12.7 Å². The van der Waals surface area contributed by atoms with Crippen LogP contribution in [0.2, 0.25) is 0 Å². The van der Waals surface area contributed by atoms with E-state index < -0.39 is 6.10 Å². The van der Waals surface area contributed by atoms with Gasteiger partial charge in [0, 0.05) is 16.2 Å². The Morgan fingerprint density at radius 2 is 1.74 bits per heavy atom. The zero-order valence-corrected chi connectivity index (χ0v) is 11.8. The van der Waals surface area contributed by atoms with Crippen LogP contribution in [0.15, 0.2) is 59.5 Å². The molecule has 0 amide bonds. The second-order valence-electron chi connectivity index (χ2n) is 4.11. The third kappa shape index (κ3) is 4.01. The number of thioether (sulfide) groups is 1. The third-order valence-electron chi connectivity index (χ3n) is 2.73. The summed E-state index contributed by atoms with van der Waals surface area (Å²) in [5, 5.41) is 10.3. The molecule has 0 spiro atoms. The average molecular weight is 274 g/mol. The fourth-order valence-electron chi connectivity index (χ4n) is 1.82. The molecule has 0 aliphatic carbocycles. The predicted octanol–water partition coefficient (Wildman–Crippen LogP) is 3.91. The van der Waals surface area contributed by atoms with E-state index in [2.05, 4.69) is 0 Å². The summed E-state index contributed by atoms with van der Waals surface area (Å²) >= 11 is 1.64. The number of rotatable bonds is 6. The Morgan fingerprint density at radius 3 is 2.47 bits per heavy atom. The molecule has 0 aliphatic heterocycles. The Balaban J connectivity index is 2.01. The standard InChI is InChI=1S/C16H18O2S/c1-2-18-16-11-7-6-10-14(16)15(17)12-19-13-8-4-3-5-9-13/h3-11,15,17H,2,12H2,1H3. The molecule has 100 valence electrons. The van der Waals surface area contributed by atoms with Crippen molar-refractivity contribution in [2.45, 2.75) is 17.9 Å². The largest absolute Gasteiger partial charge is 0.493 e. The van der Waals surface area contributed by atoms with E-state index >= 15 is 0 Å². The first kappa shape index (κ1) is 14.0. The normalized spacial score (nSPS) is 12.1. The van der Waals surface area contributed by atoms with E-state index in [0.29, 0.717) is 12.4 Å². The van der Waals surface area contributed by atoms with Crippen molar-refractivity contribution in [2.75, 3.05) is 12.4 Å². The van der Waals surface area contributed by atoms with Gasteiger partial charge < -0.3 is 9.84 Å². The molecule has 0 bridgehead atoms. The van der Waals surface area contributed by atoms with Crippen molar-refractivity contribution < 1.29 is 9.84 Å². The summed E-state index contributed by atoms with van der Waals surface area (Å²) in [4.78, 5) is 1.16. The number of ether oxygens (including phenoxy) is 1. The number of aliphatic hydroxyl groups is 1. The lowest BCUT2D eigenvalue weighted by Gasteiger charge is -2.15. The molecule has 0 aliphatic rings. The van der Waals surface area contributed by atoms with Crippen LogP contribution in [-0.2, 0) is 0 Å². The molecule has 1 N–H and O–H groups in total. The SMILES string of the molecule is CCOc1ccccc1C(O)CSc1ccccc1. The van der Waals surface area contributed by atoms with E-state index in [9.17, 15) is 5.11 Å². The van der Waals surface area contributed by atoms with Gasteiger partial charge in [0.1, 0.15) is 5.75 Å². The minimum Gasteiger partial charge on any atom is -0.493 e. The van der Waals surface area contributed by atoms with Crippen molar-refractivity contribution in [1.29, 1.82) is 0 Å². The molecule has 0 radical (unpaired) electrons. The Labute approximate surface area is 118 Å². The van der Waals surface area contributed by atoms with E-state index in [-0.39, 0.29) is 0 Å². The summed E-state index contributed by atoms with van der Waals surface area (Å²) in [5.41, 5.74) is 0.854. The Kier molecular flexibility index (Phi) is 5.31. The Morgan fingerprint density at radius 1 is 1.05 bits per heavy atom. The second kappa shape index (κ2) is 7.22. The number of aliphatic hydroxyl groups excluding tert-OH is 1. The zero-order chi connectivity index (χ0) is 13.5. The lowest BCUT2D eigenvalue weighted by Crippen LogP contribution is -2.04. The van der Waals surface area contributed by atoms with E-state index in [1.165, 1.54) is 0 Å². The van der Waals surface area contributed by atoms with Crippen molar-refractivity contribution in [3.63, 3.8) is 0 Å². The van der Waals surface area contributed by atoms with Crippen LogP contribution in [0.3, 0.4) is 0 Å². The van der Waals surface area contributed by atoms with Gasteiger partial charge in [0.25, 0.3) is 0 Å². The van der Waals surface area contributed by atoms with Crippen LogP contribution in [0.1, 0.15) is 18.6 Å². The van der Waals surface area contributed by atoms with Gasteiger partial charge in [-0.05, 0) is 25.1 Å². The molecular formula is C16H18O2S. The van der Waals surface area contributed by atoms with E-state index in [4.69, 9.17) is 4.74 Å². The van der Waals surface area contributed by atoms with E-state index in [0.717, 1.165) is 16.2 Å². The molecule has 2 aromatic rings. The summed E-state index contributed by atoms with van der Waals surface area (Å²) in [6.07, 6.45) is -0.520. The highest BCUT2D eigenvalue weighted by Gasteiger charge is 2.13. The van der Waals surface area contributed by atoms with E-state index in [1.54, 1.807) is 11.8 Å². The molecule has 0 fully saturated rings. The summed E-state index contributed by atoms with van der Waals surface area (Å²) in [6, 6.07) is 17.8. The molecule has 0 aromatic heterocycles. The lowest BCUT2D eigenvalue weighted by atomic mass is 10.1. The topological polar surface area (TPSA) is 29.5 Å². The van der Waals surface area contributed by atoms with Crippen LogP contribution >= 0.6 is 11.8 Å². The van der Waals surface area contributed by atoms with Crippen molar-refractivity contribution in [2.24, 2.45) is 0 Å². The van der Waals surface area contributed by atoms with Crippen LogP contribution in [0, 0.1) is 0 Å². The van der Waals surface area contributed by atoms with Crippen molar-refractivity contribution in [3.8, 4) is 5.75 Å². The number of hydrogen-bond donors (Lipinski definition) is 1. The molecule has 1 unspecified atom stereocenters. The summed E-state index contributed by atoms with van der Waals surface area (Å²) in [7, 11) is 0. The van der Waals surface area contributed by atoms with Crippen LogP contribution < -0.4 is 4.74 Å². The van der Waals surface area contributed by atoms with Crippen LogP contribution in [0.4, 0.5) is 0 Å². The van der Waals surface area contributed by atoms with E-state index in [1.807, 2.05) is 61.5 Å². The zero-order valence-electron chi connectivity index (χ0n) is 11.0.